The van der Waals surface area contributed by atoms with Crippen molar-refractivity contribution >= 4 is 75.1 Å². The summed E-state index contributed by atoms with van der Waals surface area (Å²) in [5, 5.41) is 8.26. The van der Waals surface area contributed by atoms with E-state index in [-0.39, 0.29) is 0 Å². The molecular weight excluding hydrogens is 729 g/mol. The highest BCUT2D eigenvalue weighted by Gasteiger charge is 2.18. The summed E-state index contributed by atoms with van der Waals surface area (Å²) in [6, 6.07) is 63.3. The molecule has 0 saturated heterocycles. The van der Waals surface area contributed by atoms with Crippen LogP contribution in [0.25, 0.3) is 120 Å². The maximum absolute atomic E-state index is 6.23. The Morgan fingerprint density at radius 3 is 1.69 bits per heavy atom. The Labute approximate surface area is 336 Å². The fourth-order valence-electron chi connectivity index (χ4n) is 8.33. The van der Waals surface area contributed by atoms with Crippen molar-refractivity contribution in [3.63, 3.8) is 0 Å². The van der Waals surface area contributed by atoms with Crippen molar-refractivity contribution in [3.8, 4) is 56.5 Å². The zero-order valence-corrected chi connectivity index (χ0v) is 31.7. The summed E-state index contributed by atoms with van der Waals surface area (Å²) < 4.78 is 8.76. The molecule has 0 spiro atoms. The van der Waals surface area contributed by atoms with Crippen LogP contribution in [-0.2, 0) is 0 Å². The molecule has 4 heterocycles. The standard InChI is InChI=1S/C52H30N4OS/c1-3-11-32(12-4-1)49-40-26-28-46-48(47(40)39-16-7-9-17-42(39)53-49)41-29-35(24-27-45(41)58-46)31-19-21-34(22-20-31)51-54-50(33-13-5-2-6-14-33)55-52(56-51)36-23-25-38-37-15-8-10-18-43(37)57-44(38)30-36/h1-30H. The molecule has 8 aromatic carbocycles. The number of hydrogen-bond donors (Lipinski definition) is 0. The van der Waals surface area contributed by atoms with Crippen LogP contribution in [0.15, 0.2) is 186 Å². The van der Waals surface area contributed by atoms with E-state index in [2.05, 4.69) is 127 Å². The van der Waals surface area contributed by atoms with Gasteiger partial charge in [-0.25, -0.2) is 19.9 Å². The van der Waals surface area contributed by atoms with Gasteiger partial charge in [0.25, 0.3) is 0 Å². The van der Waals surface area contributed by atoms with Gasteiger partial charge in [0.05, 0.1) is 11.2 Å². The molecule has 58 heavy (non-hydrogen) atoms. The number of rotatable bonds is 5. The Morgan fingerprint density at radius 1 is 0.328 bits per heavy atom. The second-order valence-electron chi connectivity index (χ2n) is 14.6. The van der Waals surface area contributed by atoms with E-state index < -0.39 is 0 Å². The van der Waals surface area contributed by atoms with E-state index in [9.17, 15) is 0 Å². The van der Waals surface area contributed by atoms with Gasteiger partial charge in [0.15, 0.2) is 17.5 Å². The highest BCUT2D eigenvalue weighted by Crippen LogP contribution is 2.44. The molecule has 270 valence electrons. The Kier molecular flexibility index (Phi) is 7.33. The molecule has 0 radical (unpaired) electrons. The minimum absolute atomic E-state index is 0.593. The Morgan fingerprint density at radius 2 is 0.897 bits per heavy atom. The molecule has 0 aliphatic carbocycles. The normalized spacial score (nSPS) is 11.8. The largest absolute Gasteiger partial charge is 0.456 e. The summed E-state index contributed by atoms with van der Waals surface area (Å²) in [7, 11) is 0. The Bertz CT molecular complexity index is 3560. The SMILES string of the molecule is c1ccc(-c2nc(-c3ccc(-c4ccc5sc6ccc7c(-c8ccccc8)nc8ccccc8c7c6c5c4)cc3)nc(-c3ccc4c(c3)oc3ccccc34)n2)cc1. The number of hydrogen-bond acceptors (Lipinski definition) is 6. The third kappa shape index (κ3) is 5.30. The molecule has 0 unspecified atom stereocenters. The fourth-order valence-corrected chi connectivity index (χ4v) is 9.43. The molecule has 0 atom stereocenters. The van der Waals surface area contributed by atoms with Crippen molar-refractivity contribution in [2.45, 2.75) is 0 Å². The van der Waals surface area contributed by atoms with Crippen molar-refractivity contribution in [2.24, 2.45) is 0 Å². The topological polar surface area (TPSA) is 64.7 Å². The van der Waals surface area contributed by atoms with E-state index in [1.807, 2.05) is 65.9 Å². The van der Waals surface area contributed by atoms with Gasteiger partial charge < -0.3 is 4.42 Å². The van der Waals surface area contributed by atoms with Crippen LogP contribution in [0.1, 0.15) is 0 Å². The lowest BCUT2D eigenvalue weighted by atomic mass is 9.95. The first-order chi connectivity index (χ1) is 28.7. The number of aromatic nitrogens is 4. The molecule has 4 aromatic heterocycles. The third-order valence-electron chi connectivity index (χ3n) is 11.1. The van der Waals surface area contributed by atoms with E-state index in [4.69, 9.17) is 24.4 Å². The predicted molar refractivity (Wildman–Crippen MR) is 240 cm³/mol. The molecule has 0 saturated carbocycles. The Balaban J connectivity index is 0.977. The average Bonchev–Trinajstić information content (AvgIpc) is 3.87. The molecule has 0 fully saturated rings. The van der Waals surface area contributed by atoms with Crippen LogP contribution in [0.2, 0.25) is 0 Å². The molecule has 0 N–H and O–H groups in total. The second kappa shape index (κ2) is 13.0. The quantitative estimate of drug-likeness (QED) is 0.164. The minimum Gasteiger partial charge on any atom is -0.456 e. The van der Waals surface area contributed by atoms with Crippen molar-refractivity contribution in [1.82, 2.24) is 19.9 Å². The predicted octanol–water partition coefficient (Wildman–Crippen LogP) is 14.2. The monoisotopic (exact) mass is 758 g/mol. The van der Waals surface area contributed by atoms with Crippen LogP contribution in [0.5, 0.6) is 0 Å². The van der Waals surface area contributed by atoms with E-state index in [1.54, 1.807) is 0 Å². The van der Waals surface area contributed by atoms with Crippen LogP contribution in [-0.4, -0.2) is 19.9 Å². The average molecular weight is 759 g/mol. The van der Waals surface area contributed by atoms with Crippen molar-refractivity contribution < 1.29 is 4.42 Å². The first-order valence-corrected chi connectivity index (χ1v) is 20.1. The number of nitrogens with zero attached hydrogens (tertiary/aromatic N) is 4. The molecule has 12 rings (SSSR count). The molecule has 0 amide bonds. The summed E-state index contributed by atoms with van der Waals surface area (Å²) >= 11 is 1.84. The van der Waals surface area contributed by atoms with Crippen LogP contribution in [0, 0.1) is 0 Å². The molecule has 12 aromatic rings. The highest BCUT2D eigenvalue weighted by molar-refractivity contribution is 7.26. The number of benzene rings is 8. The fraction of sp³-hybridized carbons (Fsp3) is 0. The summed E-state index contributed by atoms with van der Waals surface area (Å²) in [6.45, 7) is 0. The minimum atomic E-state index is 0.593. The number of thiophene rings is 1. The number of fused-ring (bicyclic) bond motifs is 10. The molecule has 0 aliphatic heterocycles. The first-order valence-electron chi connectivity index (χ1n) is 19.3. The van der Waals surface area contributed by atoms with E-state index in [0.29, 0.717) is 17.5 Å². The molecular formula is C52H30N4OS. The molecule has 5 nitrogen and oxygen atoms in total. The van der Waals surface area contributed by atoms with Gasteiger partial charge in [-0.15, -0.1) is 11.3 Å². The Hall–Kier alpha value is -7.54. The number of furan rings is 1. The van der Waals surface area contributed by atoms with Crippen molar-refractivity contribution in [1.29, 1.82) is 0 Å². The van der Waals surface area contributed by atoms with Gasteiger partial charge in [-0.1, -0.05) is 140 Å². The van der Waals surface area contributed by atoms with Crippen molar-refractivity contribution in [2.75, 3.05) is 0 Å². The van der Waals surface area contributed by atoms with Gasteiger partial charge in [-0.3, -0.25) is 0 Å². The van der Waals surface area contributed by atoms with Crippen LogP contribution < -0.4 is 0 Å². The second-order valence-corrected chi connectivity index (χ2v) is 15.7. The van der Waals surface area contributed by atoms with Crippen molar-refractivity contribution in [3.05, 3.63) is 182 Å². The van der Waals surface area contributed by atoms with Crippen LogP contribution >= 0.6 is 11.3 Å². The van der Waals surface area contributed by atoms with Crippen LogP contribution in [0.4, 0.5) is 0 Å². The lowest BCUT2D eigenvalue weighted by Gasteiger charge is -2.12. The molecule has 6 heteroatoms. The van der Waals surface area contributed by atoms with E-state index in [0.717, 1.165) is 71.9 Å². The maximum atomic E-state index is 6.23. The lowest BCUT2D eigenvalue weighted by molar-refractivity contribution is 0.669. The zero-order valence-electron chi connectivity index (χ0n) is 30.9. The molecule has 0 aliphatic rings. The van der Waals surface area contributed by atoms with Gasteiger partial charge >= 0.3 is 0 Å². The van der Waals surface area contributed by atoms with Gasteiger partial charge in [-0.05, 0) is 53.6 Å². The smallest absolute Gasteiger partial charge is 0.164 e. The number of para-hydroxylation sites is 2. The zero-order chi connectivity index (χ0) is 38.2. The van der Waals surface area contributed by atoms with E-state index in [1.165, 1.54) is 30.9 Å². The van der Waals surface area contributed by atoms with Gasteiger partial charge in [0.2, 0.25) is 0 Å². The van der Waals surface area contributed by atoms with E-state index >= 15 is 0 Å². The summed E-state index contributed by atoms with van der Waals surface area (Å²) in [4.78, 5) is 20.2. The molecule has 0 bridgehead atoms. The number of pyridine rings is 1. The maximum Gasteiger partial charge on any atom is 0.164 e. The van der Waals surface area contributed by atoms with Gasteiger partial charge in [0.1, 0.15) is 11.2 Å². The van der Waals surface area contributed by atoms with Gasteiger partial charge in [-0.2, -0.15) is 0 Å². The highest BCUT2D eigenvalue weighted by atomic mass is 32.1. The first kappa shape index (κ1) is 32.7. The van der Waals surface area contributed by atoms with Crippen LogP contribution in [0.3, 0.4) is 0 Å². The summed E-state index contributed by atoms with van der Waals surface area (Å²) in [5.41, 5.74) is 9.77. The third-order valence-corrected chi connectivity index (χ3v) is 12.3. The summed E-state index contributed by atoms with van der Waals surface area (Å²) in [5.74, 6) is 1.82. The summed E-state index contributed by atoms with van der Waals surface area (Å²) in [6.07, 6.45) is 0. The lowest BCUT2D eigenvalue weighted by Crippen LogP contribution is -2.00. The van der Waals surface area contributed by atoms with Gasteiger partial charge in [0, 0.05) is 69.4 Å².